The van der Waals surface area contributed by atoms with Gasteiger partial charge in [0.05, 0.1) is 29.0 Å². The Morgan fingerprint density at radius 3 is 2.46 bits per heavy atom. The number of nitrogens with one attached hydrogen (secondary N) is 2. The van der Waals surface area contributed by atoms with E-state index in [2.05, 4.69) is 20.2 Å². The monoisotopic (exact) mass is 532 g/mol. The lowest BCUT2D eigenvalue weighted by Crippen LogP contribution is -2.58. The third-order valence-electron chi connectivity index (χ3n) is 6.32. The van der Waals surface area contributed by atoms with Crippen molar-refractivity contribution in [2.24, 2.45) is 0 Å². The predicted octanol–water partition coefficient (Wildman–Crippen LogP) is 3.31. The number of piperazine rings is 1. The molecule has 2 atom stereocenters. The second-order valence-corrected chi connectivity index (χ2v) is 11.9. The summed E-state index contributed by atoms with van der Waals surface area (Å²) in [4.78, 5) is 1.71. The van der Waals surface area contributed by atoms with Crippen LogP contribution in [0.2, 0.25) is 0 Å². The highest BCUT2D eigenvalue weighted by Crippen LogP contribution is 2.38. The summed E-state index contributed by atoms with van der Waals surface area (Å²) >= 11 is 0.715. The van der Waals surface area contributed by atoms with Crippen LogP contribution in [0, 0.1) is 0 Å². The van der Waals surface area contributed by atoms with Crippen molar-refractivity contribution >= 4 is 32.6 Å². The highest BCUT2D eigenvalue weighted by molar-refractivity contribution is 7.89. The Kier molecular flexibility index (Phi) is 6.26. The fraction of sp³-hybridized carbons (Fsp3) is 0.524. The molecule has 5 rings (SSSR count). The number of aromatic nitrogens is 3. The molecule has 1 saturated carbocycles. The van der Waals surface area contributed by atoms with E-state index in [0.29, 0.717) is 41.1 Å². The molecule has 1 aliphatic carbocycles. The Morgan fingerprint density at radius 1 is 1.20 bits per heavy atom. The van der Waals surface area contributed by atoms with E-state index in [1.54, 1.807) is 21.4 Å². The highest BCUT2D eigenvalue weighted by Gasteiger charge is 2.41. The molecule has 35 heavy (non-hydrogen) atoms. The van der Waals surface area contributed by atoms with Crippen molar-refractivity contribution < 1.29 is 26.0 Å². The first-order valence-electron chi connectivity index (χ1n) is 11.1. The van der Waals surface area contributed by atoms with Crippen LogP contribution in [0.5, 0.6) is 0 Å². The van der Waals surface area contributed by atoms with E-state index in [-0.39, 0.29) is 23.0 Å². The minimum Gasteiger partial charge on any atom is -0.366 e. The lowest BCUT2D eigenvalue weighted by Gasteiger charge is -2.38. The number of rotatable bonds is 8. The maximum absolute atomic E-state index is 13.5. The minimum absolute atomic E-state index is 0.0451. The number of pyridine rings is 1. The van der Waals surface area contributed by atoms with Gasteiger partial charge in [-0.3, -0.25) is 0 Å². The fourth-order valence-electron chi connectivity index (χ4n) is 4.27. The molecule has 3 aromatic rings. The summed E-state index contributed by atoms with van der Waals surface area (Å²) in [6.07, 6.45) is 0.0583. The zero-order valence-corrected chi connectivity index (χ0v) is 20.4. The first kappa shape index (κ1) is 24.4. The molecule has 0 spiro atoms. The van der Waals surface area contributed by atoms with Crippen molar-refractivity contribution in [1.29, 1.82) is 0 Å². The van der Waals surface area contributed by atoms with Crippen LogP contribution < -0.4 is 14.9 Å². The summed E-state index contributed by atoms with van der Waals surface area (Å²) in [5.74, 6) is 0. The summed E-state index contributed by atoms with van der Waals surface area (Å²) in [5.41, 5.74) is 0.895. The first-order chi connectivity index (χ1) is 16.6. The van der Waals surface area contributed by atoms with Crippen LogP contribution in [0.15, 0.2) is 29.3 Å². The lowest BCUT2D eigenvalue weighted by molar-refractivity contribution is 0.150. The zero-order valence-electron chi connectivity index (χ0n) is 18.7. The zero-order chi connectivity index (χ0) is 25.0. The average Bonchev–Trinajstić information content (AvgIpc) is 3.21. The molecular weight excluding hydrogens is 508 g/mol. The smallest absolute Gasteiger partial charge is 0.291 e. The fourth-order valence-corrected chi connectivity index (χ4v) is 6.47. The van der Waals surface area contributed by atoms with E-state index < -0.39 is 52.4 Å². The van der Waals surface area contributed by atoms with Crippen molar-refractivity contribution in [3.8, 4) is 10.7 Å². The topological polar surface area (TPSA) is 91.6 Å². The first-order valence-corrected chi connectivity index (χ1v) is 13.4. The molecule has 0 bridgehead atoms. The number of fused-ring (bicyclic) bond motifs is 1. The lowest BCUT2D eigenvalue weighted by atomic mass is 10.1. The summed E-state index contributed by atoms with van der Waals surface area (Å²) in [7, 11) is -3.95. The second kappa shape index (κ2) is 8.98. The van der Waals surface area contributed by atoms with Crippen molar-refractivity contribution in [1.82, 2.24) is 24.6 Å². The molecular formula is C21H24F4N6O2S2. The van der Waals surface area contributed by atoms with E-state index in [4.69, 9.17) is 0 Å². The molecule has 8 nitrogen and oxygen atoms in total. The SMILES string of the molecule is CC1(NS(=O)(=O)c2cc(N3C[C@@H](CF)N[C@@H](CF)C3)c3ccc(-c4nnc(C(F)F)s4)n3c2)CC1. The maximum atomic E-state index is 13.5. The Labute approximate surface area is 203 Å². The van der Waals surface area contributed by atoms with Gasteiger partial charge in [-0.25, -0.2) is 30.7 Å². The van der Waals surface area contributed by atoms with Crippen molar-refractivity contribution in [2.45, 2.75) is 48.7 Å². The molecule has 190 valence electrons. The van der Waals surface area contributed by atoms with Crippen LogP contribution >= 0.6 is 11.3 Å². The molecule has 0 amide bonds. The largest absolute Gasteiger partial charge is 0.366 e. The van der Waals surface area contributed by atoms with Crippen molar-refractivity contribution in [3.63, 3.8) is 0 Å². The number of anilines is 1. The molecule has 1 aliphatic heterocycles. The maximum Gasteiger partial charge on any atom is 0.291 e. The molecule has 4 heterocycles. The van der Waals surface area contributed by atoms with Crippen LogP contribution in [0.25, 0.3) is 16.2 Å². The van der Waals surface area contributed by atoms with Crippen molar-refractivity contribution in [2.75, 3.05) is 31.3 Å². The van der Waals surface area contributed by atoms with Gasteiger partial charge in [0.25, 0.3) is 6.43 Å². The molecule has 0 aromatic carbocycles. The van der Waals surface area contributed by atoms with Crippen LogP contribution in [-0.2, 0) is 10.0 Å². The van der Waals surface area contributed by atoms with E-state index >= 15 is 0 Å². The van der Waals surface area contributed by atoms with E-state index in [9.17, 15) is 26.0 Å². The Hall–Kier alpha value is -2.29. The predicted molar refractivity (Wildman–Crippen MR) is 124 cm³/mol. The molecule has 2 fully saturated rings. The van der Waals surface area contributed by atoms with Gasteiger partial charge in [-0.15, -0.1) is 10.2 Å². The third kappa shape index (κ3) is 4.76. The van der Waals surface area contributed by atoms with Crippen molar-refractivity contribution in [3.05, 3.63) is 29.4 Å². The summed E-state index contributed by atoms with van der Waals surface area (Å²) in [6, 6.07) is 3.59. The number of sulfonamides is 1. The van der Waals surface area contributed by atoms with Gasteiger partial charge in [-0.05, 0) is 38.0 Å². The summed E-state index contributed by atoms with van der Waals surface area (Å²) in [5, 5.41) is 10.1. The molecule has 2 N–H and O–H groups in total. The number of halogens is 4. The van der Waals surface area contributed by atoms with Gasteiger partial charge in [-0.1, -0.05) is 11.3 Å². The highest BCUT2D eigenvalue weighted by atomic mass is 32.2. The number of hydrogen-bond acceptors (Lipinski definition) is 7. The molecule has 0 unspecified atom stereocenters. The third-order valence-corrected chi connectivity index (χ3v) is 8.88. The number of hydrogen-bond donors (Lipinski definition) is 2. The molecule has 0 radical (unpaired) electrons. The van der Waals surface area contributed by atoms with Gasteiger partial charge in [0, 0.05) is 24.8 Å². The standard InChI is InChI=1S/C21H24F4N6O2S2/c1-21(4-5-21)29-35(32,33)14-6-17(30-9-12(7-22)26-13(8-23)10-30)15-2-3-16(31(15)11-14)19-27-28-20(34-19)18(24)25/h2-3,6,11-13,18,26,29H,4-5,7-10H2,1H3/t12-,13+. The van der Waals surface area contributed by atoms with Gasteiger partial charge in [-0.2, -0.15) is 0 Å². The second-order valence-electron chi connectivity index (χ2n) is 9.22. The van der Waals surface area contributed by atoms with Gasteiger partial charge < -0.3 is 14.6 Å². The van der Waals surface area contributed by atoms with E-state index in [1.165, 1.54) is 12.3 Å². The summed E-state index contributed by atoms with van der Waals surface area (Å²) in [6.45, 7) is 0.785. The number of alkyl halides is 4. The molecule has 2 aliphatic rings. The molecule has 3 aromatic heterocycles. The van der Waals surface area contributed by atoms with E-state index in [0.717, 1.165) is 0 Å². The van der Waals surface area contributed by atoms with Gasteiger partial charge >= 0.3 is 0 Å². The quantitative estimate of drug-likeness (QED) is 0.433. The van der Waals surface area contributed by atoms with Crippen LogP contribution in [-0.4, -0.2) is 67.1 Å². The minimum atomic E-state index is -3.95. The van der Waals surface area contributed by atoms with E-state index in [1.807, 2.05) is 6.92 Å². The summed E-state index contributed by atoms with van der Waals surface area (Å²) < 4.78 is 84.1. The van der Waals surface area contributed by atoms with Crippen LogP contribution in [0.3, 0.4) is 0 Å². The van der Waals surface area contributed by atoms with Gasteiger partial charge in [0.1, 0.15) is 18.2 Å². The van der Waals surface area contributed by atoms with Crippen LogP contribution in [0.4, 0.5) is 23.2 Å². The average molecular weight is 533 g/mol. The molecule has 14 heteroatoms. The Morgan fingerprint density at radius 2 is 1.89 bits per heavy atom. The van der Waals surface area contributed by atoms with Crippen LogP contribution in [0.1, 0.15) is 31.2 Å². The Bertz CT molecular complexity index is 1330. The molecule has 1 saturated heterocycles. The number of nitrogens with zero attached hydrogens (tertiary/aromatic N) is 4. The normalized spacial score (nSPS) is 22.3. The van der Waals surface area contributed by atoms with Gasteiger partial charge in [0.15, 0.2) is 10.0 Å². The Balaban J connectivity index is 1.65. The van der Waals surface area contributed by atoms with Gasteiger partial charge in [0.2, 0.25) is 10.0 Å².